The molecule has 4 aromatic carbocycles. The maximum absolute atomic E-state index is 12.7. The number of halogens is 1. The molecule has 8 nitrogen and oxygen atoms in total. The lowest BCUT2D eigenvalue weighted by molar-refractivity contribution is 0.0707. The number of phenolic OH excluding ortho intramolecular Hbond substituents is 1. The van der Waals surface area contributed by atoms with Crippen molar-refractivity contribution in [3.05, 3.63) is 113 Å². The molecule has 0 aliphatic rings. The Balaban J connectivity index is 1.44. The molecule has 10 heteroatoms. The van der Waals surface area contributed by atoms with Gasteiger partial charge >= 0.3 is 22.1 Å². The molecule has 0 amide bonds. The van der Waals surface area contributed by atoms with Gasteiger partial charge in [-0.25, -0.2) is 9.59 Å². The van der Waals surface area contributed by atoms with E-state index in [1.165, 1.54) is 84.9 Å². The Morgan fingerprint density at radius 1 is 0.694 bits per heavy atom. The molecule has 0 aliphatic carbocycles. The van der Waals surface area contributed by atoms with E-state index in [-0.39, 0.29) is 39.0 Å². The number of hydrogen-bond acceptors (Lipinski definition) is 8. The van der Waals surface area contributed by atoms with Crippen LogP contribution in [0.3, 0.4) is 0 Å². The van der Waals surface area contributed by atoms with Crippen LogP contribution in [0.4, 0.5) is 0 Å². The van der Waals surface area contributed by atoms with Gasteiger partial charge in [0.05, 0.1) is 5.56 Å². The molecule has 0 heterocycles. The normalized spacial score (nSPS) is 10.9. The Hall–Kier alpha value is -4.34. The number of ether oxygens (including phenoxy) is 2. The second-order valence-electron chi connectivity index (χ2n) is 7.28. The Morgan fingerprint density at radius 2 is 1.31 bits per heavy atom. The number of aromatic hydroxyl groups is 1. The van der Waals surface area contributed by atoms with Crippen molar-refractivity contribution in [3.63, 3.8) is 0 Å². The van der Waals surface area contributed by atoms with Crippen molar-refractivity contribution in [2.75, 3.05) is 0 Å². The molecule has 0 atom stereocenters. The van der Waals surface area contributed by atoms with Gasteiger partial charge in [-0.05, 0) is 84.9 Å². The predicted octanol–water partition coefficient (Wildman–Crippen LogP) is 5.25. The van der Waals surface area contributed by atoms with Crippen molar-refractivity contribution < 1.29 is 36.8 Å². The van der Waals surface area contributed by atoms with E-state index in [2.05, 4.69) is 0 Å². The maximum Gasteiger partial charge on any atom is 0.347 e. The molecule has 0 spiro atoms. The number of carbonyl (C=O) groups is 2. The van der Waals surface area contributed by atoms with Gasteiger partial charge in [0.25, 0.3) is 0 Å². The van der Waals surface area contributed by atoms with Crippen LogP contribution < -0.4 is 13.7 Å². The Labute approximate surface area is 211 Å². The Morgan fingerprint density at radius 3 is 1.97 bits per heavy atom. The lowest BCUT2D eigenvalue weighted by Gasteiger charge is -2.11. The third-order valence-electron chi connectivity index (χ3n) is 4.76. The van der Waals surface area contributed by atoms with E-state index in [9.17, 15) is 23.1 Å². The minimum atomic E-state index is -4.08. The summed E-state index contributed by atoms with van der Waals surface area (Å²) in [5.41, 5.74) is 0.176. The van der Waals surface area contributed by atoms with Crippen molar-refractivity contribution in [1.82, 2.24) is 0 Å². The maximum atomic E-state index is 12.7. The summed E-state index contributed by atoms with van der Waals surface area (Å²) in [5.74, 6) is -1.43. The molecule has 0 saturated heterocycles. The number of benzene rings is 4. The van der Waals surface area contributed by atoms with Crippen LogP contribution >= 0.6 is 11.6 Å². The standard InChI is InChI=1S/C26H17ClO8S/c27-18-7-15-22(16-8-18)36(31,32)35-21-13-11-20(12-14-21)33-26(30)23-3-1-2-4-24(23)34-25(29)17-5-9-19(28)10-6-17/h1-16,28H. The number of phenols is 1. The van der Waals surface area contributed by atoms with Crippen molar-refractivity contribution >= 4 is 33.7 Å². The fourth-order valence-electron chi connectivity index (χ4n) is 2.98. The zero-order valence-corrected chi connectivity index (χ0v) is 19.9. The molecule has 0 aliphatic heterocycles. The molecule has 0 saturated carbocycles. The highest BCUT2D eigenvalue weighted by molar-refractivity contribution is 7.87. The van der Waals surface area contributed by atoms with E-state index < -0.39 is 22.1 Å². The van der Waals surface area contributed by atoms with Gasteiger partial charge in [0.15, 0.2) is 0 Å². The van der Waals surface area contributed by atoms with Crippen LogP contribution in [0.5, 0.6) is 23.0 Å². The van der Waals surface area contributed by atoms with Crippen molar-refractivity contribution in [2.45, 2.75) is 4.90 Å². The molecule has 182 valence electrons. The van der Waals surface area contributed by atoms with Gasteiger partial charge in [-0.2, -0.15) is 8.42 Å². The van der Waals surface area contributed by atoms with Gasteiger partial charge in [0.2, 0.25) is 0 Å². The number of rotatable bonds is 7. The number of esters is 2. The van der Waals surface area contributed by atoms with E-state index in [1.54, 1.807) is 12.1 Å². The smallest absolute Gasteiger partial charge is 0.347 e. The SMILES string of the molecule is O=C(Oc1ccccc1C(=O)Oc1ccc(OS(=O)(=O)c2ccc(Cl)cc2)cc1)c1ccc(O)cc1. The van der Waals surface area contributed by atoms with Crippen molar-refractivity contribution in [2.24, 2.45) is 0 Å². The van der Waals surface area contributed by atoms with Crippen LogP contribution in [0, 0.1) is 0 Å². The van der Waals surface area contributed by atoms with E-state index in [1.807, 2.05) is 0 Å². The third kappa shape index (κ3) is 6.01. The fourth-order valence-corrected chi connectivity index (χ4v) is 4.04. The molecule has 0 radical (unpaired) electrons. The van der Waals surface area contributed by atoms with Crippen LogP contribution in [0.2, 0.25) is 5.02 Å². The van der Waals surface area contributed by atoms with Gasteiger partial charge in [-0.3, -0.25) is 0 Å². The van der Waals surface area contributed by atoms with E-state index in [0.717, 1.165) is 0 Å². The summed E-state index contributed by atoms with van der Waals surface area (Å²) in [5, 5.41) is 9.75. The van der Waals surface area contributed by atoms with Crippen molar-refractivity contribution in [1.29, 1.82) is 0 Å². The monoisotopic (exact) mass is 524 g/mol. The second-order valence-corrected chi connectivity index (χ2v) is 9.27. The minimum absolute atomic E-state index is 0.00438. The first-order chi connectivity index (χ1) is 17.2. The third-order valence-corrected chi connectivity index (χ3v) is 6.27. The van der Waals surface area contributed by atoms with Crippen molar-refractivity contribution in [3.8, 4) is 23.0 Å². The highest BCUT2D eigenvalue weighted by Gasteiger charge is 2.19. The van der Waals surface area contributed by atoms with Crippen LogP contribution in [0.1, 0.15) is 20.7 Å². The molecule has 0 fully saturated rings. The topological polar surface area (TPSA) is 116 Å². The molecular weight excluding hydrogens is 508 g/mol. The summed E-state index contributed by atoms with van der Waals surface area (Å²) in [6.07, 6.45) is 0. The van der Waals surface area contributed by atoms with Crippen LogP contribution in [-0.2, 0) is 10.1 Å². The first-order valence-electron chi connectivity index (χ1n) is 10.3. The summed E-state index contributed by atoms with van der Waals surface area (Å²) in [6.45, 7) is 0. The Bertz CT molecular complexity index is 1500. The summed E-state index contributed by atoms with van der Waals surface area (Å²) >= 11 is 5.78. The highest BCUT2D eigenvalue weighted by atomic mass is 35.5. The largest absolute Gasteiger partial charge is 0.508 e. The molecular formula is C26H17ClO8S. The lowest BCUT2D eigenvalue weighted by Crippen LogP contribution is -2.14. The highest BCUT2D eigenvalue weighted by Crippen LogP contribution is 2.25. The molecule has 4 rings (SSSR count). The number of para-hydroxylation sites is 1. The van der Waals surface area contributed by atoms with Gasteiger partial charge in [0, 0.05) is 5.02 Å². The first kappa shape index (κ1) is 24.8. The number of carbonyl (C=O) groups excluding carboxylic acids is 2. The quantitative estimate of drug-likeness (QED) is 0.198. The van der Waals surface area contributed by atoms with E-state index in [4.69, 9.17) is 25.3 Å². The summed E-state index contributed by atoms with van der Waals surface area (Å²) in [4.78, 5) is 25.1. The van der Waals surface area contributed by atoms with E-state index >= 15 is 0 Å². The fraction of sp³-hybridized carbons (Fsp3) is 0. The van der Waals surface area contributed by atoms with Gasteiger partial charge in [-0.15, -0.1) is 0 Å². The summed E-state index contributed by atoms with van der Waals surface area (Å²) in [7, 11) is -4.08. The average Bonchev–Trinajstić information content (AvgIpc) is 2.86. The summed E-state index contributed by atoms with van der Waals surface area (Å²) in [6, 6.07) is 22.3. The zero-order valence-electron chi connectivity index (χ0n) is 18.3. The number of hydrogen-bond donors (Lipinski definition) is 1. The molecule has 0 unspecified atom stereocenters. The molecule has 1 N–H and O–H groups in total. The zero-order chi connectivity index (χ0) is 25.7. The molecule has 0 bridgehead atoms. The first-order valence-corrected chi connectivity index (χ1v) is 12.1. The average molecular weight is 525 g/mol. The predicted molar refractivity (Wildman–Crippen MR) is 130 cm³/mol. The minimum Gasteiger partial charge on any atom is -0.508 e. The van der Waals surface area contributed by atoms with E-state index in [0.29, 0.717) is 5.02 Å². The van der Waals surface area contributed by atoms with Gasteiger partial charge in [0.1, 0.15) is 33.5 Å². The van der Waals surface area contributed by atoms with Crippen LogP contribution in [0.25, 0.3) is 0 Å². The summed E-state index contributed by atoms with van der Waals surface area (Å²) < 4.78 is 40.6. The lowest BCUT2D eigenvalue weighted by atomic mass is 10.2. The molecule has 4 aromatic rings. The van der Waals surface area contributed by atoms with Gasteiger partial charge < -0.3 is 18.8 Å². The van der Waals surface area contributed by atoms with Crippen LogP contribution in [-0.4, -0.2) is 25.5 Å². The van der Waals surface area contributed by atoms with Crippen LogP contribution in [0.15, 0.2) is 102 Å². The second kappa shape index (κ2) is 10.5. The molecule has 0 aromatic heterocycles. The van der Waals surface area contributed by atoms with Gasteiger partial charge in [-0.1, -0.05) is 23.7 Å². The Kier molecular flexibility index (Phi) is 7.23. The molecule has 36 heavy (non-hydrogen) atoms.